The fraction of sp³-hybridized carbons (Fsp3) is 0.500. The maximum Gasteiger partial charge on any atom is 0.334 e. The summed E-state index contributed by atoms with van der Waals surface area (Å²) in [5.74, 6) is -1.11. The molecule has 0 saturated carbocycles. The molecule has 0 spiro atoms. The van der Waals surface area contributed by atoms with Gasteiger partial charge in [0.1, 0.15) is 12.4 Å². The molecule has 155 valence electrons. The quantitative estimate of drug-likeness (QED) is 0.196. The van der Waals surface area contributed by atoms with Crippen molar-refractivity contribution in [1.29, 1.82) is 0 Å². The molecule has 1 aromatic rings. The molecule has 0 aliphatic carbocycles. The van der Waals surface area contributed by atoms with Gasteiger partial charge in [-0.25, -0.2) is 0 Å². The Morgan fingerprint density at radius 3 is 2.39 bits per heavy atom. The molecule has 0 aromatic heterocycles. The smallest absolute Gasteiger partial charge is 0.334 e. The molecule has 1 atom stereocenters. The van der Waals surface area contributed by atoms with Crippen LogP contribution >= 0.6 is 7.60 Å². The monoisotopic (exact) mass is 412 g/mol. The Balaban J connectivity index is 2.48. The maximum absolute atomic E-state index is 12.3. The second-order valence-electron chi connectivity index (χ2n) is 5.67. The summed E-state index contributed by atoms with van der Waals surface area (Å²) in [5, 5.41) is 9.18. The second-order valence-corrected chi connectivity index (χ2v) is 7.78. The van der Waals surface area contributed by atoms with Gasteiger partial charge in [0.2, 0.25) is 0 Å². The Morgan fingerprint density at radius 2 is 1.86 bits per heavy atom. The van der Waals surface area contributed by atoms with Gasteiger partial charge in [0, 0.05) is 0 Å². The fourth-order valence-electron chi connectivity index (χ4n) is 2.29. The largest absolute Gasteiger partial charge is 0.490 e. The number of hydrogen-bond acceptors (Lipinski definition) is 7. The van der Waals surface area contributed by atoms with Gasteiger partial charge in [0.05, 0.1) is 31.9 Å². The number of ether oxygens (including phenoxy) is 1. The van der Waals surface area contributed by atoms with Crippen LogP contribution in [-0.2, 0) is 29.5 Å². The van der Waals surface area contributed by atoms with E-state index in [1.54, 1.807) is 50.3 Å². The number of rotatable bonds is 15. The van der Waals surface area contributed by atoms with E-state index in [1.807, 2.05) is 0 Å². The summed E-state index contributed by atoms with van der Waals surface area (Å²) in [6.07, 6.45) is 3.94. The van der Waals surface area contributed by atoms with Crippen LogP contribution in [0.15, 0.2) is 36.4 Å². The van der Waals surface area contributed by atoms with Crippen LogP contribution in [0, 0.1) is 0 Å². The normalized spacial score (nSPS) is 12.8. The molecule has 0 fully saturated rings. The lowest BCUT2D eigenvalue weighted by molar-refractivity contribution is -0.137. The minimum absolute atomic E-state index is 0.0608. The van der Waals surface area contributed by atoms with Crippen LogP contribution in [0.3, 0.4) is 0 Å². The Hall–Kier alpha value is -1.64. The lowest BCUT2D eigenvalue weighted by Gasteiger charge is -2.14. The third-order valence-electron chi connectivity index (χ3n) is 3.55. The molecule has 1 aromatic carbocycles. The molecule has 0 bridgehead atoms. The fourth-order valence-corrected chi connectivity index (χ4v) is 3.77. The number of benzene rings is 1. The molecule has 0 saturated heterocycles. The summed E-state index contributed by atoms with van der Waals surface area (Å²) < 4.78 is 33.2. The number of hydrogen-bond donors (Lipinski definition) is 2. The maximum atomic E-state index is 12.3. The molecule has 1 unspecified atom stereocenters. The highest BCUT2D eigenvalue weighted by Crippen LogP contribution is 2.47. The molecule has 1 radical (unpaired) electrons. The number of aliphatic carboxylic acids is 1. The lowest BCUT2D eigenvalue weighted by Crippen LogP contribution is -2.21. The molecule has 10 heteroatoms. The van der Waals surface area contributed by atoms with Crippen molar-refractivity contribution in [2.75, 3.05) is 32.7 Å². The average molecular weight is 412 g/mol. The van der Waals surface area contributed by atoms with E-state index in [0.717, 1.165) is 5.56 Å². The van der Waals surface area contributed by atoms with Crippen molar-refractivity contribution in [3.05, 3.63) is 42.0 Å². The SMILES string of the molecule is CCOP(=O)(C/C=C/COc1ccc(CC([B]OCN)C(=O)O)cc1)OCC. The highest BCUT2D eigenvalue weighted by Gasteiger charge is 2.21. The first-order valence-corrected chi connectivity index (χ1v) is 10.8. The molecule has 3 N–H and O–H groups in total. The zero-order valence-corrected chi connectivity index (χ0v) is 17.2. The van der Waals surface area contributed by atoms with Crippen LogP contribution in [0.1, 0.15) is 19.4 Å². The molecule has 28 heavy (non-hydrogen) atoms. The van der Waals surface area contributed by atoms with Crippen molar-refractivity contribution in [1.82, 2.24) is 0 Å². The Kier molecular flexibility index (Phi) is 11.8. The predicted octanol–water partition coefficient (Wildman–Crippen LogP) is 2.86. The van der Waals surface area contributed by atoms with E-state index < -0.39 is 19.4 Å². The van der Waals surface area contributed by atoms with E-state index in [2.05, 4.69) is 0 Å². The Morgan fingerprint density at radius 1 is 1.21 bits per heavy atom. The first-order chi connectivity index (χ1) is 13.4. The minimum Gasteiger partial charge on any atom is -0.490 e. The van der Waals surface area contributed by atoms with Crippen LogP contribution in [0.4, 0.5) is 0 Å². The van der Waals surface area contributed by atoms with Gasteiger partial charge in [-0.15, -0.1) is 0 Å². The van der Waals surface area contributed by atoms with E-state index in [4.69, 9.17) is 24.2 Å². The topological polar surface area (TPSA) is 117 Å². The Labute approximate surface area is 166 Å². The molecular weight excluding hydrogens is 384 g/mol. The van der Waals surface area contributed by atoms with Gasteiger partial charge in [0.25, 0.3) is 0 Å². The van der Waals surface area contributed by atoms with Crippen LogP contribution in [-0.4, -0.2) is 51.3 Å². The van der Waals surface area contributed by atoms with Gasteiger partial charge in [0.15, 0.2) is 0 Å². The number of nitrogens with two attached hydrogens (primary N) is 1. The number of carboxylic acids is 1. The van der Waals surface area contributed by atoms with Crippen LogP contribution < -0.4 is 10.5 Å². The lowest BCUT2D eigenvalue weighted by atomic mass is 9.76. The van der Waals surface area contributed by atoms with Crippen molar-refractivity contribution in [3.63, 3.8) is 0 Å². The Bertz CT molecular complexity index is 644. The van der Waals surface area contributed by atoms with Crippen molar-refractivity contribution >= 4 is 21.0 Å². The third kappa shape index (κ3) is 9.53. The summed E-state index contributed by atoms with van der Waals surface area (Å²) in [5.41, 5.74) is 6.05. The molecule has 0 aliphatic heterocycles. The van der Waals surface area contributed by atoms with E-state index in [-0.39, 0.29) is 12.9 Å². The first kappa shape index (κ1) is 24.4. The van der Waals surface area contributed by atoms with E-state index in [0.29, 0.717) is 32.0 Å². The zero-order valence-electron chi connectivity index (χ0n) is 16.3. The summed E-state index contributed by atoms with van der Waals surface area (Å²) in [7, 11) is -1.84. The number of allylic oxidation sites excluding steroid dienone is 1. The number of carboxylic acid groups (broad SMARTS) is 1. The zero-order chi connectivity index (χ0) is 20.8. The highest BCUT2D eigenvalue weighted by molar-refractivity contribution is 7.54. The van der Waals surface area contributed by atoms with E-state index >= 15 is 0 Å². The van der Waals surface area contributed by atoms with Crippen molar-refractivity contribution in [2.24, 2.45) is 5.73 Å². The summed E-state index contributed by atoms with van der Waals surface area (Å²) in [4.78, 5) is 11.2. The standard InChI is InChI=1S/C18H28BNO7P/c1-3-26-28(23,27-4-2)12-6-5-11-24-16-9-7-15(8-10-16)13-17(18(21)22)19-25-14-20/h5-10,17H,3-4,11-14,20H2,1-2H3,(H,21,22)/b6-5+. The highest BCUT2D eigenvalue weighted by atomic mass is 31.2. The van der Waals surface area contributed by atoms with Crippen LogP contribution in [0.25, 0.3) is 0 Å². The van der Waals surface area contributed by atoms with Crippen molar-refractivity contribution in [2.45, 2.75) is 26.1 Å². The summed E-state index contributed by atoms with van der Waals surface area (Å²) in [6.45, 7) is 4.43. The third-order valence-corrected chi connectivity index (χ3v) is 5.51. The molecular formula is C18H28BNO7P. The van der Waals surface area contributed by atoms with Crippen molar-refractivity contribution in [3.8, 4) is 5.75 Å². The number of carbonyl (C=O) groups is 1. The van der Waals surface area contributed by atoms with Gasteiger partial charge >= 0.3 is 21.0 Å². The van der Waals surface area contributed by atoms with Gasteiger partial charge in [-0.2, -0.15) is 0 Å². The van der Waals surface area contributed by atoms with E-state index in [1.165, 1.54) is 7.48 Å². The van der Waals surface area contributed by atoms with Crippen LogP contribution in [0.5, 0.6) is 5.75 Å². The van der Waals surface area contributed by atoms with E-state index in [9.17, 15) is 14.5 Å². The molecule has 0 heterocycles. The first-order valence-electron chi connectivity index (χ1n) is 9.06. The van der Waals surface area contributed by atoms with Crippen LogP contribution in [0.2, 0.25) is 5.82 Å². The van der Waals surface area contributed by atoms with Gasteiger partial charge in [-0.3, -0.25) is 9.36 Å². The minimum atomic E-state index is -3.08. The van der Waals surface area contributed by atoms with Gasteiger partial charge in [-0.1, -0.05) is 24.3 Å². The molecule has 1 rings (SSSR count). The van der Waals surface area contributed by atoms with Gasteiger partial charge in [-0.05, 0) is 38.0 Å². The van der Waals surface area contributed by atoms with Gasteiger partial charge < -0.3 is 29.3 Å². The predicted molar refractivity (Wildman–Crippen MR) is 108 cm³/mol. The van der Waals surface area contributed by atoms with Crippen molar-refractivity contribution < 1.29 is 32.9 Å². The molecule has 8 nitrogen and oxygen atoms in total. The summed E-state index contributed by atoms with van der Waals surface area (Å²) >= 11 is 0. The molecule has 0 aliphatic rings. The second kappa shape index (κ2) is 13.5. The average Bonchev–Trinajstić information content (AvgIpc) is 2.66. The summed E-state index contributed by atoms with van der Waals surface area (Å²) in [6, 6.07) is 7.11. The molecule has 0 amide bonds.